The van der Waals surface area contributed by atoms with Crippen LogP contribution in [0.1, 0.15) is 43.9 Å². The van der Waals surface area contributed by atoms with Crippen molar-refractivity contribution in [1.29, 1.82) is 0 Å². The Labute approximate surface area is 243 Å². The minimum Gasteiger partial charge on any atom is -0.357 e. The van der Waals surface area contributed by atoms with Crippen molar-refractivity contribution in [3.63, 3.8) is 0 Å². The topological polar surface area (TPSA) is 97.3 Å². The first kappa shape index (κ1) is 27.9. The van der Waals surface area contributed by atoms with E-state index in [9.17, 15) is 17.1 Å². The maximum absolute atomic E-state index is 14.3. The maximum Gasteiger partial charge on any atom is 0.488 e. The van der Waals surface area contributed by atoms with Crippen molar-refractivity contribution in [3.8, 4) is 29.2 Å². The summed E-state index contributed by atoms with van der Waals surface area (Å²) >= 11 is 0. The zero-order valence-electron chi connectivity index (χ0n) is 23.6. The summed E-state index contributed by atoms with van der Waals surface area (Å²) in [5, 5.41) is 2.07. The highest BCUT2D eigenvalue weighted by Crippen LogP contribution is 2.37. The van der Waals surface area contributed by atoms with Gasteiger partial charge in [0.05, 0.1) is 17.1 Å². The SMILES string of the molecule is C#Cc1ccc2c(c1)[nH]c1c2c(=O)c2cc(CC(C)C)c(-c3cncc(OS(=O)(=O)F)c3)cc2n1C1CCN(C)CC1. The number of aromatic amines is 1. The van der Waals surface area contributed by atoms with Gasteiger partial charge < -0.3 is 18.6 Å². The van der Waals surface area contributed by atoms with E-state index in [1.165, 1.54) is 6.07 Å². The number of nitrogens with zero attached hydrogens (tertiary/aromatic N) is 3. The number of halogens is 1. The van der Waals surface area contributed by atoms with Crippen LogP contribution in [0.5, 0.6) is 5.75 Å². The molecule has 1 aliphatic rings. The van der Waals surface area contributed by atoms with Crippen molar-refractivity contribution in [2.24, 2.45) is 5.92 Å². The number of pyridine rings is 2. The van der Waals surface area contributed by atoms with E-state index in [0.717, 1.165) is 70.9 Å². The van der Waals surface area contributed by atoms with Crippen molar-refractivity contribution in [3.05, 3.63) is 70.1 Å². The van der Waals surface area contributed by atoms with E-state index < -0.39 is 10.5 Å². The van der Waals surface area contributed by atoms with E-state index >= 15 is 0 Å². The molecule has 0 unspecified atom stereocenters. The largest absolute Gasteiger partial charge is 0.488 e. The standard InChI is InChI=1S/C32H31FN4O4S/c1-5-20-6-7-25-28(13-20)35-32-30(25)31(38)27-15-21(12-19(2)3)26(22-14-24(18-34-17-22)41-42(33,39)40)16-29(27)37(32)23-8-10-36(4)11-9-23/h1,6-7,13-19,23,35H,8-12H2,2-4H3. The summed E-state index contributed by atoms with van der Waals surface area (Å²) in [6.07, 6.45) is 10.9. The summed E-state index contributed by atoms with van der Waals surface area (Å²) < 4.78 is 42.5. The van der Waals surface area contributed by atoms with Crippen LogP contribution in [0, 0.1) is 18.3 Å². The molecule has 1 fully saturated rings. The quantitative estimate of drug-likeness (QED) is 0.201. The number of H-pyrrole nitrogens is 1. The van der Waals surface area contributed by atoms with E-state index in [2.05, 4.69) is 50.4 Å². The van der Waals surface area contributed by atoms with E-state index in [0.29, 0.717) is 22.8 Å². The van der Waals surface area contributed by atoms with Crippen LogP contribution < -0.4 is 9.61 Å². The molecule has 0 bridgehead atoms. The average molecular weight is 587 g/mol. The third-order valence-corrected chi connectivity index (χ3v) is 8.43. The summed E-state index contributed by atoms with van der Waals surface area (Å²) in [5.41, 5.74) is 5.20. The zero-order chi connectivity index (χ0) is 29.8. The number of terminal acetylenes is 1. The Bertz CT molecular complexity index is 2070. The van der Waals surface area contributed by atoms with Gasteiger partial charge in [0, 0.05) is 39.7 Å². The predicted octanol–water partition coefficient (Wildman–Crippen LogP) is 5.74. The van der Waals surface area contributed by atoms with E-state index in [4.69, 9.17) is 6.42 Å². The lowest BCUT2D eigenvalue weighted by Crippen LogP contribution is -2.32. The van der Waals surface area contributed by atoms with E-state index in [-0.39, 0.29) is 23.1 Å². The smallest absolute Gasteiger partial charge is 0.357 e. The predicted molar refractivity (Wildman–Crippen MR) is 164 cm³/mol. The van der Waals surface area contributed by atoms with Gasteiger partial charge in [-0.2, -0.15) is 8.42 Å². The second kappa shape index (κ2) is 10.6. The molecule has 0 amide bonds. The fourth-order valence-electron chi connectivity index (χ4n) is 6.19. The summed E-state index contributed by atoms with van der Waals surface area (Å²) in [4.78, 5) is 24.2. The number of fused-ring (bicyclic) bond motifs is 4. The first-order valence-corrected chi connectivity index (χ1v) is 15.2. The van der Waals surface area contributed by atoms with Crippen LogP contribution in [0.15, 0.2) is 53.6 Å². The summed E-state index contributed by atoms with van der Waals surface area (Å²) in [7, 11) is -3.11. The molecule has 42 heavy (non-hydrogen) atoms. The van der Waals surface area contributed by atoms with Crippen molar-refractivity contribution < 1.29 is 16.5 Å². The highest BCUT2D eigenvalue weighted by molar-refractivity contribution is 7.81. The van der Waals surface area contributed by atoms with Gasteiger partial charge in [-0.05, 0) is 86.8 Å². The first-order valence-electron chi connectivity index (χ1n) is 13.9. The molecule has 216 valence electrons. The lowest BCUT2D eigenvalue weighted by Gasteiger charge is -2.32. The molecule has 5 aromatic rings. The number of hydrogen-bond donors (Lipinski definition) is 1. The molecule has 3 aromatic heterocycles. The van der Waals surface area contributed by atoms with Crippen LogP contribution in [0.3, 0.4) is 0 Å². The molecule has 1 saturated heterocycles. The van der Waals surface area contributed by atoms with Crippen LogP contribution in [0.2, 0.25) is 0 Å². The summed E-state index contributed by atoms with van der Waals surface area (Å²) in [6.45, 7) is 6.01. The monoisotopic (exact) mass is 586 g/mol. The van der Waals surface area contributed by atoms with Crippen molar-refractivity contribution >= 4 is 43.3 Å². The van der Waals surface area contributed by atoms with Gasteiger partial charge in [0.15, 0.2) is 11.2 Å². The molecule has 0 atom stereocenters. The number of nitrogens with one attached hydrogen (secondary N) is 1. The van der Waals surface area contributed by atoms with Crippen LogP contribution in [0.4, 0.5) is 3.89 Å². The van der Waals surface area contributed by atoms with Gasteiger partial charge in [0.25, 0.3) is 0 Å². The summed E-state index contributed by atoms with van der Waals surface area (Å²) in [6, 6.07) is 11.2. The van der Waals surface area contributed by atoms with Gasteiger partial charge in [-0.1, -0.05) is 29.7 Å². The number of hydrogen-bond acceptors (Lipinski definition) is 6. The molecule has 0 radical (unpaired) electrons. The molecule has 2 aromatic carbocycles. The van der Waals surface area contributed by atoms with E-state index in [1.807, 2.05) is 30.3 Å². The fraction of sp³-hybridized carbons (Fsp3) is 0.312. The van der Waals surface area contributed by atoms with Gasteiger partial charge in [0.1, 0.15) is 5.65 Å². The Morgan fingerprint density at radius 3 is 2.60 bits per heavy atom. The molecule has 0 spiro atoms. The van der Waals surface area contributed by atoms with Crippen LogP contribution >= 0.6 is 0 Å². The van der Waals surface area contributed by atoms with Gasteiger partial charge in [-0.15, -0.1) is 6.42 Å². The molecule has 6 rings (SSSR count). The summed E-state index contributed by atoms with van der Waals surface area (Å²) in [5.74, 6) is 2.71. The van der Waals surface area contributed by atoms with Crippen molar-refractivity contribution in [1.82, 2.24) is 19.4 Å². The van der Waals surface area contributed by atoms with Gasteiger partial charge in [-0.25, -0.2) is 0 Å². The second-order valence-electron chi connectivity index (χ2n) is 11.5. The number of aromatic nitrogens is 3. The molecule has 8 nitrogen and oxygen atoms in total. The van der Waals surface area contributed by atoms with Crippen LogP contribution in [-0.2, 0) is 16.9 Å². The third-order valence-electron chi connectivity index (χ3n) is 8.04. The third kappa shape index (κ3) is 5.14. The lowest BCUT2D eigenvalue weighted by molar-refractivity contribution is 0.226. The Kier molecular flexibility index (Phi) is 7.03. The van der Waals surface area contributed by atoms with Gasteiger partial charge in [-0.3, -0.25) is 9.78 Å². The normalized spacial score (nSPS) is 15.1. The highest BCUT2D eigenvalue weighted by Gasteiger charge is 2.26. The minimum absolute atomic E-state index is 0.0702. The maximum atomic E-state index is 14.3. The molecular formula is C32H31FN4O4S. The zero-order valence-corrected chi connectivity index (χ0v) is 24.5. The molecular weight excluding hydrogens is 555 g/mol. The van der Waals surface area contributed by atoms with Crippen molar-refractivity contribution in [2.75, 3.05) is 20.1 Å². The Morgan fingerprint density at radius 2 is 1.90 bits per heavy atom. The molecule has 0 saturated carbocycles. The fourth-order valence-corrected chi connectivity index (χ4v) is 6.51. The van der Waals surface area contributed by atoms with Gasteiger partial charge >= 0.3 is 10.5 Å². The Hall–Kier alpha value is -4.20. The number of piperidine rings is 1. The molecule has 4 heterocycles. The molecule has 10 heteroatoms. The van der Waals surface area contributed by atoms with Crippen LogP contribution in [-0.4, -0.2) is 48.0 Å². The number of likely N-dealkylation sites (tertiary alicyclic amines) is 1. The molecule has 1 aliphatic heterocycles. The minimum atomic E-state index is -5.22. The van der Waals surface area contributed by atoms with Crippen LogP contribution in [0.25, 0.3) is 44.0 Å². The van der Waals surface area contributed by atoms with Crippen molar-refractivity contribution in [2.45, 2.75) is 39.2 Å². The average Bonchev–Trinajstić information content (AvgIpc) is 3.31. The second-order valence-corrected chi connectivity index (χ2v) is 12.4. The molecule has 1 N–H and O–H groups in total. The lowest BCUT2D eigenvalue weighted by atomic mass is 9.91. The highest BCUT2D eigenvalue weighted by atomic mass is 32.3. The first-order chi connectivity index (χ1) is 20.0. The molecule has 0 aliphatic carbocycles. The number of benzene rings is 2. The van der Waals surface area contributed by atoms with E-state index in [1.54, 1.807) is 6.20 Å². The Morgan fingerprint density at radius 1 is 1.14 bits per heavy atom. The Balaban J connectivity index is 1.70. The van der Waals surface area contributed by atoms with Gasteiger partial charge in [0.2, 0.25) is 0 Å². The number of rotatable bonds is 6.